The van der Waals surface area contributed by atoms with E-state index in [1.165, 1.54) is 4.90 Å². The molecule has 0 unspecified atom stereocenters. The number of hydrogen-bond donors (Lipinski definition) is 0. The fourth-order valence-corrected chi connectivity index (χ4v) is 1.61. The van der Waals surface area contributed by atoms with E-state index in [-0.39, 0.29) is 22.9 Å². The average molecular weight is 291 g/mol. The smallest absolute Gasteiger partial charge is 0.273 e. The van der Waals surface area contributed by atoms with Crippen molar-refractivity contribution in [3.63, 3.8) is 0 Å². The average Bonchev–Trinajstić information content (AvgIpc) is 2.30. The lowest BCUT2D eigenvalue weighted by Crippen LogP contribution is -2.31. The Balaban J connectivity index is 2.65. The minimum atomic E-state index is -0.269. The van der Waals surface area contributed by atoms with E-state index >= 15 is 0 Å². The molecule has 1 heterocycles. The van der Waals surface area contributed by atoms with Crippen molar-refractivity contribution >= 4 is 29.1 Å². The summed E-state index contributed by atoms with van der Waals surface area (Å²) in [5.41, 5.74) is 0.163. The molecule has 0 radical (unpaired) electrons. The van der Waals surface area contributed by atoms with Crippen molar-refractivity contribution < 1.29 is 9.53 Å². The fraction of sp³-hybridized carbons (Fsp3) is 0.500. The minimum absolute atomic E-state index is 0.140. The Morgan fingerprint density at radius 2 is 2.11 bits per heavy atom. The number of aromatic nitrogens is 1. The Bertz CT molecular complexity index is 425. The van der Waals surface area contributed by atoms with Gasteiger partial charge < -0.3 is 9.64 Å². The SMILES string of the molecule is CC(C)OCCN(C)C(=O)c1nc(Cl)ccc1Cl. The predicted molar refractivity (Wildman–Crippen MR) is 72.3 cm³/mol. The Morgan fingerprint density at radius 3 is 2.72 bits per heavy atom. The van der Waals surface area contributed by atoms with E-state index in [0.717, 1.165) is 0 Å². The standard InChI is InChI=1S/C12H16Cl2N2O2/c1-8(2)18-7-6-16(3)12(17)11-9(13)4-5-10(14)15-11/h4-5,8H,6-7H2,1-3H3. The number of rotatable bonds is 5. The van der Waals surface area contributed by atoms with Gasteiger partial charge in [-0.1, -0.05) is 23.2 Å². The molecule has 0 N–H and O–H groups in total. The number of likely N-dealkylation sites (N-methyl/N-ethyl adjacent to an activating group) is 1. The summed E-state index contributed by atoms with van der Waals surface area (Å²) in [6.07, 6.45) is 0.140. The summed E-state index contributed by atoms with van der Waals surface area (Å²) in [7, 11) is 1.67. The van der Waals surface area contributed by atoms with Gasteiger partial charge in [0.05, 0.1) is 17.7 Å². The molecule has 1 rings (SSSR count). The minimum Gasteiger partial charge on any atom is -0.377 e. The van der Waals surface area contributed by atoms with Gasteiger partial charge in [-0.25, -0.2) is 4.98 Å². The summed E-state index contributed by atoms with van der Waals surface area (Å²) < 4.78 is 5.38. The third-order valence-electron chi connectivity index (χ3n) is 2.24. The van der Waals surface area contributed by atoms with Gasteiger partial charge in [-0.3, -0.25) is 4.79 Å². The molecule has 0 atom stereocenters. The Morgan fingerprint density at radius 1 is 1.44 bits per heavy atom. The van der Waals surface area contributed by atoms with Crippen LogP contribution in [-0.4, -0.2) is 42.1 Å². The largest absolute Gasteiger partial charge is 0.377 e. The van der Waals surface area contributed by atoms with Crippen LogP contribution >= 0.6 is 23.2 Å². The molecule has 0 fully saturated rings. The van der Waals surface area contributed by atoms with Crippen LogP contribution in [0.25, 0.3) is 0 Å². The maximum atomic E-state index is 12.1. The quantitative estimate of drug-likeness (QED) is 0.783. The highest BCUT2D eigenvalue weighted by atomic mass is 35.5. The Hall–Kier alpha value is -0.840. The maximum absolute atomic E-state index is 12.1. The summed E-state index contributed by atoms with van der Waals surface area (Å²) in [6, 6.07) is 3.10. The zero-order valence-corrected chi connectivity index (χ0v) is 12.1. The maximum Gasteiger partial charge on any atom is 0.273 e. The van der Waals surface area contributed by atoms with Gasteiger partial charge in [-0.15, -0.1) is 0 Å². The van der Waals surface area contributed by atoms with E-state index < -0.39 is 0 Å². The molecule has 1 amide bonds. The van der Waals surface area contributed by atoms with Crippen molar-refractivity contribution in [1.29, 1.82) is 0 Å². The number of pyridine rings is 1. The van der Waals surface area contributed by atoms with Crippen molar-refractivity contribution in [2.24, 2.45) is 0 Å². The van der Waals surface area contributed by atoms with Crippen LogP contribution in [0.5, 0.6) is 0 Å². The summed E-state index contributed by atoms with van der Waals surface area (Å²) in [5.74, 6) is -0.269. The monoisotopic (exact) mass is 290 g/mol. The third-order valence-corrected chi connectivity index (χ3v) is 2.75. The van der Waals surface area contributed by atoms with Gasteiger partial charge in [-0.2, -0.15) is 0 Å². The fourth-order valence-electron chi connectivity index (χ4n) is 1.28. The van der Waals surface area contributed by atoms with Crippen molar-refractivity contribution in [3.8, 4) is 0 Å². The van der Waals surface area contributed by atoms with Crippen LogP contribution in [-0.2, 0) is 4.74 Å². The van der Waals surface area contributed by atoms with Crippen LogP contribution in [0.3, 0.4) is 0 Å². The van der Waals surface area contributed by atoms with Gasteiger partial charge in [0, 0.05) is 13.6 Å². The van der Waals surface area contributed by atoms with Crippen molar-refractivity contribution in [3.05, 3.63) is 28.0 Å². The molecular formula is C12H16Cl2N2O2. The molecule has 6 heteroatoms. The second-order valence-corrected chi connectivity index (χ2v) is 4.91. The molecule has 1 aromatic rings. The number of carbonyl (C=O) groups is 1. The molecule has 0 aliphatic rings. The molecule has 0 aliphatic heterocycles. The lowest BCUT2D eigenvalue weighted by atomic mass is 10.3. The first-order valence-electron chi connectivity index (χ1n) is 5.61. The Kier molecular flexibility index (Phi) is 5.85. The Labute approximate surface area is 117 Å². The van der Waals surface area contributed by atoms with Crippen LogP contribution < -0.4 is 0 Å². The number of amides is 1. The van der Waals surface area contributed by atoms with E-state index in [2.05, 4.69) is 4.98 Å². The van der Waals surface area contributed by atoms with Crippen LogP contribution in [0, 0.1) is 0 Å². The molecule has 0 saturated heterocycles. The lowest BCUT2D eigenvalue weighted by molar-refractivity contribution is 0.0529. The molecule has 0 spiro atoms. The number of hydrogen-bond acceptors (Lipinski definition) is 3. The van der Waals surface area contributed by atoms with E-state index in [0.29, 0.717) is 18.2 Å². The molecule has 18 heavy (non-hydrogen) atoms. The second-order valence-electron chi connectivity index (χ2n) is 4.11. The molecule has 0 aromatic carbocycles. The van der Waals surface area contributed by atoms with Crippen molar-refractivity contribution in [2.45, 2.75) is 20.0 Å². The number of halogens is 2. The van der Waals surface area contributed by atoms with Crippen molar-refractivity contribution in [1.82, 2.24) is 9.88 Å². The van der Waals surface area contributed by atoms with Crippen LogP contribution in [0.1, 0.15) is 24.3 Å². The van der Waals surface area contributed by atoms with Gasteiger partial charge in [0.15, 0.2) is 0 Å². The van der Waals surface area contributed by atoms with Crippen LogP contribution in [0.15, 0.2) is 12.1 Å². The van der Waals surface area contributed by atoms with Crippen molar-refractivity contribution in [2.75, 3.05) is 20.2 Å². The van der Waals surface area contributed by atoms with E-state index in [9.17, 15) is 4.79 Å². The molecule has 0 aliphatic carbocycles. The number of nitrogens with zero attached hydrogens (tertiary/aromatic N) is 2. The highest BCUT2D eigenvalue weighted by Gasteiger charge is 2.17. The van der Waals surface area contributed by atoms with Crippen LogP contribution in [0.2, 0.25) is 10.2 Å². The van der Waals surface area contributed by atoms with Crippen LogP contribution in [0.4, 0.5) is 0 Å². The summed E-state index contributed by atoms with van der Waals surface area (Å²) in [4.78, 5) is 17.5. The predicted octanol–water partition coefficient (Wildman–Crippen LogP) is 2.89. The highest BCUT2D eigenvalue weighted by molar-refractivity contribution is 6.34. The first-order valence-corrected chi connectivity index (χ1v) is 6.36. The summed E-state index contributed by atoms with van der Waals surface area (Å²) >= 11 is 11.7. The van der Waals surface area contributed by atoms with Gasteiger partial charge in [0.25, 0.3) is 5.91 Å². The first-order chi connectivity index (χ1) is 8.41. The molecule has 1 aromatic heterocycles. The summed E-state index contributed by atoms with van der Waals surface area (Å²) in [5, 5.41) is 0.538. The van der Waals surface area contributed by atoms with Gasteiger partial charge in [-0.05, 0) is 26.0 Å². The highest BCUT2D eigenvalue weighted by Crippen LogP contribution is 2.18. The molecule has 0 bridgehead atoms. The zero-order chi connectivity index (χ0) is 13.7. The molecule has 100 valence electrons. The van der Waals surface area contributed by atoms with E-state index in [1.807, 2.05) is 13.8 Å². The number of ether oxygens (including phenoxy) is 1. The van der Waals surface area contributed by atoms with Gasteiger partial charge >= 0.3 is 0 Å². The molecule has 0 saturated carbocycles. The van der Waals surface area contributed by atoms with E-state index in [1.54, 1.807) is 19.2 Å². The molecular weight excluding hydrogens is 275 g/mol. The topological polar surface area (TPSA) is 42.4 Å². The first kappa shape index (κ1) is 15.2. The third kappa shape index (κ3) is 4.44. The van der Waals surface area contributed by atoms with Gasteiger partial charge in [0.1, 0.15) is 10.8 Å². The zero-order valence-electron chi connectivity index (χ0n) is 10.6. The summed E-state index contributed by atoms with van der Waals surface area (Å²) in [6.45, 7) is 4.83. The molecule has 4 nitrogen and oxygen atoms in total. The lowest BCUT2D eigenvalue weighted by Gasteiger charge is -2.18. The van der Waals surface area contributed by atoms with E-state index in [4.69, 9.17) is 27.9 Å². The number of carbonyl (C=O) groups excluding carboxylic acids is 1. The normalized spacial score (nSPS) is 10.8. The second kappa shape index (κ2) is 6.92. The van der Waals surface area contributed by atoms with Gasteiger partial charge in [0.2, 0.25) is 0 Å².